The summed E-state index contributed by atoms with van der Waals surface area (Å²) in [5.74, 6) is 0.00815. The minimum Gasteiger partial charge on any atom is -0.381 e. The van der Waals surface area contributed by atoms with Crippen molar-refractivity contribution in [2.75, 3.05) is 25.5 Å². The molecule has 8 heteroatoms. The van der Waals surface area contributed by atoms with Gasteiger partial charge in [-0.15, -0.1) is 0 Å². The van der Waals surface area contributed by atoms with Crippen LogP contribution in [-0.2, 0) is 21.3 Å². The van der Waals surface area contributed by atoms with Gasteiger partial charge in [-0.05, 0) is 13.3 Å². The van der Waals surface area contributed by atoms with Crippen LogP contribution in [0, 0.1) is 0 Å². The Kier molecular flexibility index (Phi) is 6.18. The van der Waals surface area contributed by atoms with Gasteiger partial charge >= 0.3 is 0 Å². The maximum atomic E-state index is 12.1. The van der Waals surface area contributed by atoms with Crippen molar-refractivity contribution in [2.45, 2.75) is 31.7 Å². The molecule has 1 aromatic heterocycles. The van der Waals surface area contributed by atoms with Crippen LogP contribution in [0.15, 0.2) is 23.2 Å². The fraction of sp³-hybridized carbons (Fsp3) is 0.583. The van der Waals surface area contributed by atoms with E-state index in [9.17, 15) is 8.42 Å². The van der Waals surface area contributed by atoms with E-state index < -0.39 is 10.0 Å². The first-order valence-corrected chi connectivity index (χ1v) is 7.90. The van der Waals surface area contributed by atoms with E-state index in [1.807, 2.05) is 13.8 Å². The summed E-state index contributed by atoms with van der Waals surface area (Å²) < 4.78 is 33.3. The molecule has 0 aliphatic carbocycles. The average Bonchev–Trinajstić information content (AvgIpc) is 2.70. The Morgan fingerprint density at radius 2 is 2.30 bits per heavy atom. The van der Waals surface area contributed by atoms with E-state index >= 15 is 0 Å². The summed E-state index contributed by atoms with van der Waals surface area (Å²) in [4.78, 5) is 0.00542. The number of rotatable bonds is 9. The number of aromatic nitrogens is 2. The SMILES string of the molecule is C=C(C)COCCNS(=O)(=O)c1cn(CCC)nc1N. The summed E-state index contributed by atoms with van der Waals surface area (Å²) in [5, 5.41) is 3.97. The zero-order chi connectivity index (χ0) is 15.2. The first-order valence-electron chi connectivity index (χ1n) is 6.41. The van der Waals surface area contributed by atoms with Crippen LogP contribution in [0.25, 0.3) is 0 Å². The number of aryl methyl sites for hydroxylation is 1. The molecule has 1 aromatic rings. The molecule has 0 saturated carbocycles. The summed E-state index contributed by atoms with van der Waals surface area (Å²) in [6.45, 7) is 8.99. The number of hydrogen-bond acceptors (Lipinski definition) is 5. The number of nitrogens with two attached hydrogens (primary N) is 1. The van der Waals surface area contributed by atoms with Gasteiger partial charge in [0.2, 0.25) is 10.0 Å². The molecular formula is C12H22N4O3S. The van der Waals surface area contributed by atoms with Crippen molar-refractivity contribution < 1.29 is 13.2 Å². The molecule has 0 unspecified atom stereocenters. The van der Waals surface area contributed by atoms with Crippen LogP contribution in [0.5, 0.6) is 0 Å². The summed E-state index contributed by atoms with van der Waals surface area (Å²) in [5.41, 5.74) is 6.52. The predicted octanol–water partition coefficient (Wildman–Crippen LogP) is 0.746. The minimum absolute atomic E-state index is 0.00542. The Hall–Kier alpha value is -1.38. The topological polar surface area (TPSA) is 99.2 Å². The zero-order valence-electron chi connectivity index (χ0n) is 11.9. The van der Waals surface area contributed by atoms with Crippen molar-refractivity contribution in [3.05, 3.63) is 18.3 Å². The Bertz CT molecular complexity index is 551. The van der Waals surface area contributed by atoms with Gasteiger partial charge in [0.05, 0.1) is 13.2 Å². The second-order valence-corrected chi connectivity index (χ2v) is 6.28. The molecule has 0 aliphatic rings. The normalized spacial score (nSPS) is 11.7. The third-order valence-electron chi connectivity index (χ3n) is 2.38. The molecule has 0 spiro atoms. The van der Waals surface area contributed by atoms with Crippen LogP contribution >= 0.6 is 0 Å². The Balaban J connectivity index is 2.57. The Morgan fingerprint density at radius 1 is 1.60 bits per heavy atom. The van der Waals surface area contributed by atoms with Crippen LogP contribution in [-0.4, -0.2) is 38.0 Å². The molecule has 0 aromatic carbocycles. The maximum absolute atomic E-state index is 12.1. The molecule has 0 atom stereocenters. The highest BCUT2D eigenvalue weighted by molar-refractivity contribution is 7.89. The number of anilines is 1. The van der Waals surface area contributed by atoms with E-state index in [0.717, 1.165) is 12.0 Å². The highest BCUT2D eigenvalue weighted by Crippen LogP contribution is 2.15. The first-order chi connectivity index (χ1) is 9.36. The van der Waals surface area contributed by atoms with E-state index in [0.29, 0.717) is 13.2 Å². The molecule has 1 rings (SSSR count). The van der Waals surface area contributed by atoms with Gasteiger partial charge < -0.3 is 10.5 Å². The van der Waals surface area contributed by atoms with Crippen LogP contribution in [0.3, 0.4) is 0 Å². The van der Waals surface area contributed by atoms with Gasteiger partial charge in [-0.25, -0.2) is 13.1 Å². The lowest BCUT2D eigenvalue weighted by molar-refractivity contribution is 0.162. The highest BCUT2D eigenvalue weighted by atomic mass is 32.2. The quantitative estimate of drug-likeness (QED) is 0.518. The lowest BCUT2D eigenvalue weighted by Gasteiger charge is -2.06. The van der Waals surface area contributed by atoms with E-state index in [1.165, 1.54) is 10.9 Å². The maximum Gasteiger partial charge on any atom is 0.245 e. The molecule has 0 bridgehead atoms. The van der Waals surface area contributed by atoms with Crippen LogP contribution < -0.4 is 10.5 Å². The van der Waals surface area contributed by atoms with Crippen molar-refractivity contribution in [3.8, 4) is 0 Å². The summed E-state index contributed by atoms with van der Waals surface area (Å²) >= 11 is 0. The molecule has 20 heavy (non-hydrogen) atoms. The van der Waals surface area contributed by atoms with E-state index in [2.05, 4.69) is 16.4 Å². The van der Waals surface area contributed by atoms with Crippen molar-refractivity contribution in [3.63, 3.8) is 0 Å². The second kappa shape index (κ2) is 7.41. The molecule has 1 heterocycles. The van der Waals surface area contributed by atoms with Gasteiger partial charge in [-0.2, -0.15) is 5.10 Å². The largest absolute Gasteiger partial charge is 0.381 e. The van der Waals surface area contributed by atoms with Crippen molar-refractivity contribution in [2.24, 2.45) is 0 Å². The number of ether oxygens (including phenoxy) is 1. The molecular weight excluding hydrogens is 280 g/mol. The number of nitrogens with zero attached hydrogens (tertiary/aromatic N) is 2. The number of nitrogen functional groups attached to an aromatic ring is 1. The summed E-state index contributed by atoms with van der Waals surface area (Å²) in [6, 6.07) is 0. The average molecular weight is 302 g/mol. The highest BCUT2D eigenvalue weighted by Gasteiger charge is 2.20. The molecule has 0 radical (unpaired) electrons. The Labute approximate surface area is 119 Å². The molecule has 7 nitrogen and oxygen atoms in total. The zero-order valence-corrected chi connectivity index (χ0v) is 12.7. The molecule has 0 fully saturated rings. The van der Waals surface area contributed by atoms with E-state index in [4.69, 9.17) is 10.5 Å². The van der Waals surface area contributed by atoms with E-state index in [1.54, 1.807) is 0 Å². The molecule has 0 amide bonds. The van der Waals surface area contributed by atoms with Crippen LogP contribution in [0.4, 0.5) is 5.82 Å². The summed E-state index contributed by atoms with van der Waals surface area (Å²) in [7, 11) is -3.65. The lowest BCUT2D eigenvalue weighted by atomic mass is 10.4. The van der Waals surface area contributed by atoms with Gasteiger partial charge in [-0.1, -0.05) is 19.1 Å². The summed E-state index contributed by atoms with van der Waals surface area (Å²) in [6.07, 6.45) is 2.29. The molecule has 0 saturated heterocycles. The number of sulfonamides is 1. The Morgan fingerprint density at radius 3 is 2.90 bits per heavy atom. The van der Waals surface area contributed by atoms with Crippen LogP contribution in [0.1, 0.15) is 20.3 Å². The van der Waals surface area contributed by atoms with Gasteiger partial charge in [0.1, 0.15) is 4.90 Å². The third-order valence-corrected chi connectivity index (χ3v) is 3.86. The van der Waals surface area contributed by atoms with Gasteiger partial charge in [0.15, 0.2) is 5.82 Å². The van der Waals surface area contributed by atoms with Gasteiger partial charge in [0.25, 0.3) is 0 Å². The predicted molar refractivity (Wildman–Crippen MR) is 77.8 cm³/mol. The molecule has 114 valence electrons. The van der Waals surface area contributed by atoms with Crippen molar-refractivity contribution in [1.29, 1.82) is 0 Å². The molecule has 0 aliphatic heterocycles. The third kappa shape index (κ3) is 4.95. The standard InChI is InChI=1S/C12H22N4O3S/c1-4-6-16-8-11(12(13)15-16)20(17,18)14-5-7-19-9-10(2)3/h8,14H,2,4-7,9H2,1,3H3,(H2,13,15). The first kappa shape index (κ1) is 16.7. The minimum atomic E-state index is -3.65. The van der Waals surface area contributed by atoms with Crippen molar-refractivity contribution >= 4 is 15.8 Å². The number of nitrogens with one attached hydrogen (secondary N) is 1. The fourth-order valence-electron chi connectivity index (χ4n) is 1.54. The van der Waals surface area contributed by atoms with Crippen molar-refractivity contribution in [1.82, 2.24) is 14.5 Å². The van der Waals surface area contributed by atoms with E-state index in [-0.39, 0.29) is 23.9 Å². The second-order valence-electron chi connectivity index (χ2n) is 4.55. The smallest absolute Gasteiger partial charge is 0.245 e. The number of hydrogen-bond donors (Lipinski definition) is 2. The van der Waals surface area contributed by atoms with Crippen LogP contribution in [0.2, 0.25) is 0 Å². The molecule has 3 N–H and O–H groups in total. The lowest BCUT2D eigenvalue weighted by Crippen LogP contribution is -2.28. The fourth-order valence-corrected chi connectivity index (χ4v) is 2.63. The van der Waals surface area contributed by atoms with Gasteiger partial charge in [0, 0.05) is 19.3 Å². The monoisotopic (exact) mass is 302 g/mol. The van der Waals surface area contributed by atoms with Gasteiger partial charge in [-0.3, -0.25) is 4.68 Å².